The number of carboxylic acids is 1. The second-order valence-electron chi connectivity index (χ2n) is 5.64. The van der Waals surface area contributed by atoms with Crippen molar-refractivity contribution in [3.63, 3.8) is 0 Å². The fourth-order valence-corrected chi connectivity index (χ4v) is 3.97. The number of hydrogen-bond donors (Lipinski definition) is 1. The summed E-state index contributed by atoms with van der Waals surface area (Å²) in [7, 11) is 1.88. The number of carboxylic acid groups (broad SMARTS) is 1. The quantitative estimate of drug-likeness (QED) is 0.646. The highest BCUT2D eigenvalue weighted by Crippen LogP contribution is 2.34. The Bertz CT molecular complexity index is 858. The fourth-order valence-electron chi connectivity index (χ4n) is 2.63. The Morgan fingerprint density at radius 1 is 1.28 bits per heavy atom. The number of aromatic nitrogens is 1. The summed E-state index contributed by atoms with van der Waals surface area (Å²) in [5.41, 5.74) is 1.70. The predicted molar refractivity (Wildman–Crippen MR) is 102 cm³/mol. The van der Waals surface area contributed by atoms with Gasteiger partial charge in [-0.25, -0.2) is 4.79 Å². The molecule has 1 fully saturated rings. The van der Waals surface area contributed by atoms with Crippen molar-refractivity contribution in [1.82, 2.24) is 9.47 Å². The first-order valence-electron chi connectivity index (χ1n) is 7.62. The van der Waals surface area contributed by atoms with Crippen molar-refractivity contribution in [2.45, 2.75) is 12.5 Å². The first kappa shape index (κ1) is 17.4. The van der Waals surface area contributed by atoms with Crippen LogP contribution in [-0.2, 0) is 23.1 Å². The summed E-state index contributed by atoms with van der Waals surface area (Å²) in [5, 5.41) is 9.63. The van der Waals surface area contributed by atoms with Gasteiger partial charge in [-0.2, -0.15) is 0 Å². The average Bonchev–Trinajstić information content (AvgIpc) is 3.10. The molecule has 0 unspecified atom stereocenters. The summed E-state index contributed by atoms with van der Waals surface area (Å²) >= 11 is 6.43. The minimum absolute atomic E-state index is 0.208. The standard InChI is InChI=1S/C18H16N2O3S2/c1-19-9-5-8-13(19)11-15-16(21)20(18(24)25-15)14(17(22)23)10-12-6-3-2-4-7-12/h2-9,11,14H,10H2,1H3,(H,22,23)/b15-11-/t14-/m0/s1. The number of thioether (sulfide) groups is 1. The van der Waals surface area contributed by atoms with Crippen LogP contribution in [0.3, 0.4) is 0 Å². The van der Waals surface area contributed by atoms with E-state index in [1.807, 2.05) is 60.3 Å². The van der Waals surface area contributed by atoms with E-state index in [-0.39, 0.29) is 16.6 Å². The van der Waals surface area contributed by atoms with E-state index in [2.05, 4.69) is 0 Å². The molecule has 1 N–H and O–H groups in total. The minimum atomic E-state index is -1.07. The molecule has 1 saturated heterocycles. The molecule has 1 aliphatic heterocycles. The van der Waals surface area contributed by atoms with E-state index in [1.165, 1.54) is 4.90 Å². The zero-order valence-electron chi connectivity index (χ0n) is 13.5. The Kier molecular flexibility index (Phi) is 5.06. The van der Waals surface area contributed by atoms with E-state index in [1.54, 1.807) is 6.08 Å². The van der Waals surface area contributed by atoms with E-state index < -0.39 is 12.0 Å². The molecule has 3 rings (SSSR count). The lowest BCUT2D eigenvalue weighted by Gasteiger charge is -2.23. The van der Waals surface area contributed by atoms with Crippen LogP contribution in [0.25, 0.3) is 6.08 Å². The molecule has 128 valence electrons. The molecule has 1 atom stereocenters. The number of carbonyl (C=O) groups is 2. The normalized spacial score (nSPS) is 17.3. The molecule has 0 saturated carbocycles. The van der Waals surface area contributed by atoms with Crippen molar-refractivity contribution in [2.24, 2.45) is 7.05 Å². The molecule has 0 radical (unpaired) electrons. The zero-order valence-corrected chi connectivity index (χ0v) is 15.1. The molecule has 2 heterocycles. The van der Waals surface area contributed by atoms with E-state index >= 15 is 0 Å². The topological polar surface area (TPSA) is 62.5 Å². The van der Waals surface area contributed by atoms with E-state index in [4.69, 9.17) is 12.2 Å². The molecule has 5 nitrogen and oxygen atoms in total. The van der Waals surface area contributed by atoms with Crippen LogP contribution in [0.5, 0.6) is 0 Å². The van der Waals surface area contributed by atoms with Crippen molar-refractivity contribution in [3.8, 4) is 0 Å². The summed E-state index contributed by atoms with van der Waals surface area (Å²) in [6.45, 7) is 0. The summed E-state index contributed by atoms with van der Waals surface area (Å²) in [4.78, 5) is 26.2. The molecule has 1 aromatic heterocycles. The second kappa shape index (κ2) is 7.25. The van der Waals surface area contributed by atoms with E-state index in [0.29, 0.717) is 4.91 Å². The number of rotatable bonds is 5. The van der Waals surface area contributed by atoms with Gasteiger partial charge >= 0.3 is 5.97 Å². The average molecular weight is 372 g/mol. The third-order valence-electron chi connectivity index (χ3n) is 3.96. The number of carbonyl (C=O) groups excluding carboxylic acids is 1. The van der Waals surface area contributed by atoms with Crippen LogP contribution in [0.15, 0.2) is 53.6 Å². The van der Waals surface area contributed by atoms with Crippen LogP contribution in [0, 0.1) is 0 Å². The number of nitrogens with zero attached hydrogens (tertiary/aromatic N) is 2. The number of benzene rings is 1. The molecule has 1 aliphatic rings. The Morgan fingerprint density at radius 3 is 2.60 bits per heavy atom. The van der Waals surface area contributed by atoms with Crippen LogP contribution in [0.2, 0.25) is 0 Å². The Morgan fingerprint density at radius 2 is 2.00 bits per heavy atom. The van der Waals surface area contributed by atoms with Gasteiger partial charge in [-0.1, -0.05) is 54.3 Å². The van der Waals surface area contributed by atoms with Crippen LogP contribution >= 0.6 is 24.0 Å². The summed E-state index contributed by atoms with van der Waals surface area (Å²) in [6.07, 6.45) is 3.82. The molecule has 0 bridgehead atoms. The number of thiocarbonyl (C=S) groups is 1. The second-order valence-corrected chi connectivity index (χ2v) is 7.32. The summed E-state index contributed by atoms with van der Waals surface area (Å²) < 4.78 is 2.15. The number of hydrogen-bond acceptors (Lipinski definition) is 4. The number of aliphatic carboxylic acids is 1. The number of amides is 1. The van der Waals surface area contributed by atoms with E-state index in [9.17, 15) is 14.7 Å². The van der Waals surface area contributed by atoms with Gasteiger partial charge in [0, 0.05) is 25.4 Å². The van der Waals surface area contributed by atoms with Gasteiger partial charge in [-0.3, -0.25) is 9.69 Å². The van der Waals surface area contributed by atoms with Gasteiger partial charge < -0.3 is 9.67 Å². The van der Waals surface area contributed by atoms with Crippen molar-refractivity contribution in [2.75, 3.05) is 0 Å². The third-order valence-corrected chi connectivity index (χ3v) is 5.29. The highest BCUT2D eigenvalue weighted by Gasteiger charge is 2.40. The third kappa shape index (κ3) is 3.67. The van der Waals surface area contributed by atoms with Gasteiger partial charge in [-0.05, 0) is 23.8 Å². The smallest absolute Gasteiger partial charge is 0.327 e. The van der Waals surface area contributed by atoms with Crippen molar-refractivity contribution < 1.29 is 14.7 Å². The molecule has 0 spiro atoms. The van der Waals surface area contributed by atoms with Crippen LogP contribution in [0.4, 0.5) is 0 Å². The van der Waals surface area contributed by atoms with Crippen LogP contribution in [0.1, 0.15) is 11.3 Å². The fraction of sp³-hybridized carbons (Fsp3) is 0.167. The van der Waals surface area contributed by atoms with Crippen LogP contribution < -0.4 is 0 Å². The molecule has 2 aromatic rings. The molecule has 0 aliphatic carbocycles. The van der Waals surface area contributed by atoms with Gasteiger partial charge in [0.1, 0.15) is 10.4 Å². The maximum Gasteiger partial charge on any atom is 0.327 e. The van der Waals surface area contributed by atoms with Crippen molar-refractivity contribution >= 4 is 46.3 Å². The van der Waals surface area contributed by atoms with Gasteiger partial charge in [0.25, 0.3) is 5.91 Å². The largest absolute Gasteiger partial charge is 0.480 e. The van der Waals surface area contributed by atoms with Crippen molar-refractivity contribution in [3.05, 3.63) is 64.8 Å². The monoisotopic (exact) mass is 372 g/mol. The molecule has 1 aromatic carbocycles. The molecular weight excluding hydrogens is 356 g/mol. The molecular formula is C18H16N2O3S2. The van der Waals surface area contributed by atoms with Gasteiger partial charge in [-0.15, -0.1) is 0 Å². The maximum atomic E-state index is 12.8. The Labute approximate surface area is 154 Å². The SMILES string of the molecule is Cn1cccc1/C=C1\SC(=S)N([C@@H](Cc2ccccc2)C(=O)O)C1=O. The Balaban J connectivity index is 1.88. The lowest BCUT2D eigenvalue weighted by molar-refractivity contribution is -0.145. The zero-order chi connectivity index (χ0) is 18.0. The predicted octanol–water partition coefficient (Wildman–Crippen LogP) is 2.92. The van der Waals surface area contributed by atoms with Gasteiger partial charge in [0.15, 0.2) is 0 Å². The molecule has 1 amide bonds. The highest BCUT2D eigenvalue weighted by atomic mass is 32.2. The van der Waals surface area contributed by atoms with Crippen molar-refractivity contribution in [1.29, 1.82) is 0 Å². The van der Waals surface area contributed by atoms with Gasteiger partial charge in [0.05, 0.1) is 4.91 Å². The summed E-state index contributed by atoms with van der Waals surface area (Å²) in [5.74, 6) is -1.43. The maximum absolute atomic E-state index is 12.8. The van der Waals surface area contributed by atoms with Crippen LogP contribution in [-0.4, -0.2) is 36.8 Å². The number of aryl methyl sites for hydroxylation is 1. The molecule has 25 heavy (non-hydrogen) atoms. The minimum Gasteiger partial charge on any atom is -0.480 e. The first-order chi connectivity index (χ1) is 12.0. The molecule has 7 heteroatoms. The lowest BCUT2D eigenvalue weighted by Crippen LogP contribution is -2.45. The highest BCUT2D eigenvalue weighted by molar-refractivity contribution is 8.26. The Hall–Kier alpha value is -2.38. The van der Waals surface area contributed by atoms with E-state index in [0.717, 1.165) is 23.0 Å². The van der Waals surface area contributed by atoms with Gasteiger partial charge in [0.2, 0.25) is 0 Å². The summed E-state index contributed by atoms with van der Waals surface area (Å²) in [6, 6.07) is 12.0. The first-order valence-corrected chi connectivity index (χ1v) is 8.85. The lowest BCUT2D eigenvalue weighted by atomic mass is 10.0.